The van der Waals surface area contributed by atoms with E-state index < -0.39 is 6.10 Å². The van der Waals surface area contributed by atoms with Gasteiger partial charge >= 0.3 is 0 Å². The largest absolute Gasteiger partial charge is 0.385 e. The molecule has 1 aromatic heterocycles. The minimum absolute atomic E-state index is 0.398. The van der Waals surface area contributed by atoms with Gasteiger partial charge in [-0.1, -0.05) is 33.6 Å². The fourth-order valence-corrected chi connectivity index (χ4v) is 2.31. The molecule has 2 rings (SSSR count). The van der Waals surface area contributed by atoms with Gasteiger partial charge in [-0.25, -0.2) is 9.97 Å². The molecule has 0 saturated carbocycles. The highest BCUT2D eigenvalue weighted by Crippen LogP contribution is 2.25. The van der Waals surface area contributed by atoms with Gasteiger partial charge in [-0.15, -0.1) is 0 Å². The second-order valence-corrected chi connectivity index (χ2v) is 5.40. The number of hydrogen-bond acceptors (Lipinski definition) is 3. The van der Waals surface area contributed by atoms with Crippen LogP contribution in [0.2, 0.25) is 5.02 Å². The molecule has 1 N–H and O–H groups in total. The minimum Gasteiger partial charge on any atom is -0.385 e. The summed E-state index contributed by atoms with van der Waals surface area (Å²) in [7, 11) is 0. The number of nitrogens with zero attached hydrogens (tertiary/aromatic N) is 2. The Morgan fingerprint density at radius 3 is 2.61 bits per heavy atom. The van der Waals surface area contributed by atoms with Crippen molar-refractivity contribution in [2.45, 2.75) is 19.4 Å². The van der Waals surface area contributed by atoms with Gasteiger partial charge in [0.25, 0.3) is 0 Å². The van der Waals surface area contributed by atoms with Crippen LogP contribution in [-0.4, -0.2) is 15.1 Å². The number of aliphatic hydroxyl groups is 1. The lowest BCUT2D eigenvalue weighted by Crippen LogP contribution is -2.07. The summed E-state index contributed by atoms with van der Waals surface area (Å²) in [5.41, 5.74) is 1.84. The first-order valence-electron chi connectivity index (χ1n) is 5.47. The first kappa shape index (κ1) is 13.5. The van der Waals surface area contributed by atoms with Crippen molar-refractivity contribution in [3.8, 4) is 0 Å². The maximum absolute atomic E-state index is 10.1. The van der Waals surface area contributed by atoms with Crippen LogP contribution < -0.4 is 0 Å². The van der Waals surface area contributed by atoms with E-state index in [2.05, 4.69) is 25.9 Å². The summed E-state index contributed by atoms with van der Waals surface area (Å²) in [4.78, 5) is 8.22. The van der Waals surface area contributed by atoms with Gasteiger partial charge in [0.15, 0.2) is 5.82 Å². The molecule has 1 atom stereocenters. The summed E-state index contributed by atoms with van der Waals surface area (Å²) in [6.45, 7) is 1.90. The number of aromatic nitrogens is 2. The molecule has 0 aliphatic rings. The molecule has 0 bridgehead atoms. The van der Waals surface area contributed by atoms with Crippen LogP contribution in [0.25, 0.3) is 0 Å². The molecule has 0 radical (unpaired) electrons. The van der Waals surface area contributed by atoms with Crippen LogP contribution in [0.1, 0.15) is 23.1 Å². The van der Waals surface area contributed by atoms with Crippen LogP contribution in [0.4, 0.5) is 0 Å². The standard InChI is InChI=1S/C13H12BrClN2O/c1-8-6-16-13(17-7-8)12(18)4-9-2-3-10(14)5-11(9)15/h2-3,5-7,12,18H,4H2,1H3. The molecule has 0 spiro atoms. The van der Waals surface area contributed by atoms with Crippen LogP contribution in [0.5, 0.6) is 0 Å². The van der Waals surface area contributed by atoms with Crippen molar-refractivity contribution in [3.63, 3.8) is 0 Å². The summed E-state index contributed by atoms with van der Waals surface area (Å²) in [6.07, 6.45) is 3.03. The zero-order valence-electron chi connectivity index (χ0n) is 9.77. The van der Waals surface area contributed by atoms with E-state index in [1.165, 1.54) is 0 Å². The van der Waals surface area contributed by atoms with Gasteiger partial charge in [-0.3, -0.25) is 0 Å². The predicted molar refractivity (Wildman–Crippen MR) is 74.6 cm³/mol. The van der Waals surface area contributed by atoms with Crippen molar-refractivity contribution in [1.82, 2.24) is 9.97 Å². The second kappa shape index (κ2) is 5.78. The first-order chi connectivity index (χ1) is 8.56. The maximum atomic E-state index is 10.1. The molecule has 18 heavy (non-hydrogen) atoms. The molecule has 1 aromatic carbocycles. The Balaban J connectivity index is 2.15. The smallest absolute Gasteiger partial charge is 0.157 e. The zero-order chi connectivity index (χ0) is 13.1. The Bertz CT molecular complexity index is 545. The van der Waals surface area contributed by atoms with Gasteiger partial charge in [-0.2, -0.15) is 0 Å². The van der Waals surface area contributed by atoms with Crippen LogP contribution in [0.15, 0.2) is 35.1 Å². The van der Waals surface area contributed by atoms with Crippen LogP contribution >= 0.6 is 27.5 Å². The Morgan fingerprint density at radius 2 is 2.00 bits per heavy atom. The number of aryl methyl sites for hydroxylation is 1. The number of hydrogen-bond donors (Lipinski definition) is 1. The quantitative estimate of drug-likeness (QED) is 0.939. The fraction of sp³-hybridized carbons (Fsp3) is 0.231. The highest BCUT2D eigenvalue weighted by molar-refractivity contribution is 9.10. The van der Waals surface area contributed by atoms with Crippen molar-refractivity contribution in [2.24, 2.45) is 0 Å². The lowest BCUT2D eigenvalue weighted by Gasteiger charge is -2.10. The molecule has 0 amide bonds. The van der Waals surface area contributed by atoms with Gasteiger partial charge < -0.3 is 5.11 Å². The number of benzene rings is 1. The van der Waals surface area contributed by atoms with E-state index in [0.29, 0.717) is 17.3 Å². The van der Waals surface area contributed by atoms with E-state index in [1.54, 1.807) is 18.5 Å². The number of rotatable bonds is 3. The monoisotopic (exact) mass is 326 g/mol. The topological polar surface area (TPSA) is 46.0 Å². The average molecular weight is 328 g/mol. The van der Waals surface area contributed by atoms with E-state index in [4.69, 9.17) is 11.6 Å². The van der Waals surface area contributed by atoms with Crippen molar-refractivity contribution >= 4 is 27.5 Å². The number of halogens is 2. The summed E-state index contributed by atoms with van der Waals surface area (Å²) in [5, 5.41) is 10.7. The van der Waals surface area contributed by atoms with E-state index >= 15 is 0 Å². The van der Waals surface area contributed by atoms with E-state index in [1.807, 2.05) is 19.1 Å². The van der Waals surface area contributed by atoms with Gasteiger partial charge in [-0.05, 0) is 30.2 Å². The van der Waals surface area contributed by atoms with Gasteiger partial charge in [0.1, 0.15) is 6.10 Å². The minimum atomic E-state index is -0.746. The third-order valence-electron chi connectivity index (χ3n) is 2.53. The van der Waals surface area contributed by atoms with E-state index in [9.17, 15) is 5.11 Å². The predicted octanol–water partition coefficient (Wildman–Crippen LogP) is 3.48. The number of aliphatic hydroxyl groups excluding tert-OH is 1. The Labute approximate surface area is 119 Å². The first-order valence-corrected chi connectivity index (χ1v) is 6.64. The molecule has 0 saturated heterocycles. The Hall–Kier alpha value is -0.970. The van der Waals surface area contributed by atoms with Crippen LogP contribution in [-0.2, 0) is 6.42 Å². The molecular weight excluding hydrogens is 316 g/mol. The lowest BCUT2D eigenvalue weighted by atomic mass is 10.1. The van der Waals surface area contributed by atoms with Gasteiger partial charge in [0.2, 0.25) is 0 Å². The summed E-state index contributed by atoms with van der Waals surface area (Å²) < 4.78 is 0.914. The molecule has 3 nitrogen and oxygen atoms in total. The van der Waals surface area contributed by atoms with Crippen molar-refractivity contribution in [1.29, 1.82) is 0 Å². The Morgan fingerprint density at radius 1 is 1.33 bits per heavy atom. The average Bonchev–Trinajstić information content (AvgIpc) is 2.33. The zero-order valence-corrected chi connectivity index (χ0v) is 12.1. The van der Waals surface area contributed by atoms with Crippen molar-refractivity contribution in [2.75, 3.05) is 0 Å². The van der Waals surface area contributed by atoms with Crippen molar-refractivity contribution < 1.29 is 5.11 Å². The molecule has 0 fully saturated rings. The molecule has 1 unspecified atom stereocenters. The van der Waals surface area contributed by atoms with E-state index in [-0.39, 0.29) is 0 Å². The molecule has 94 valence electrons. The van der Waals surface area contributed by atoms with Crippen molar-refractivity contribution in [3.05, 3.63) is 57.0 Å². The molecule has 1 heterocycles. The highest BCUT2D eigenvalue weighted by atomic mass is 79.9. The SMILES string of the molecule is Cc1cnc(C(O)Cc2ccc(Br)cc2Cl)nc1. The van der Waals surface area contributed by atoms with E-state index in [0.717, 1.165) is 15.6 Å². The third kappa shape index (κ3) is 3.28. The van der Waals surface area contributed by atoms with Gasteiger partial charge in [0.05, 0.1) is 0 Å². The maximum Gasteiger partial charge on any atom is 0.157 e. The third-order valence-corrected chi connectivity index (χ3v) is 3.37. The Kier molecular flexibility index (Phi) is 4.32. The molecule has 2 aromatic rings. The van der Waals surface area contributed by atoms with Gasteiger partial charge in [0, 0.05) is 28.3 Å². The molecule has 0 aliphatic heterocycles. The lowest BCUT2D eigenvalue weighted by molar-refractivity contribution is 0.168. The normalized spacial score (nSPS) is 12.4. The highest BCUT2D eigenvalue weighted by Gasteiger charge is 2.13. The molecular formula is C13H12BrClN2O. The second-order valence-electron chi connectivity index (χ2n) is 4.07. The summed E-state index contributed by atoms with van der Waals surface area (Å²) in [6, 6.07) is 5.58. The van der Waals surface area contributed by atoms with Crippen LogP contribution in [0, 0.1) is 6.92 Å². The molecule has 5 heteroatoms. The summed E-state index contributed by atoms with van der Waals surface area (Å²) >= 11 is 9.45. The van der Waals surface area contributed by atoms with Crippen LogP contribution in [0.3, 0.4) is 0 Å². The fourth-order valence-electron chi connectivity index (χ4n) is 1.56. The summed E-state index contributed by atoms with van der Waals surface area (Å²) in [5.74, 6) is 0.416. The molecule has 0 aliphatic carbocycles.